The van der Waals surface area contributed by atoms with Crippen molar-refractivity contribution in [3.63, 3.8) is 0 Å². The Morgan fingerprint density at radius 2 is 1.90 bits per heavy atom. The van der Waals surface area contributed by atoms with Crippen LogP contribution in [0.5, 0.6) is 11.5 Å². The zero-order chi connectivity index (χ0) is 14.8. The Bertz CT molecular complexity index is 424. The number of nitrogens with one attached hydrogen (secondary N) is 1. The number of carbonyl (C=O) groups is 1. The molecule has 0 aromatic heterocycles. The fraction of sp³-hybridized carbons (Fsp3) is 0.500. The van der Waals surface area contributed by atoms with Crippen molar-refractivity contribution in [2.24, 2.45) is 0 Å². The molecule has 1 amide bonds. The van der Waals surface area contributed by atoms with Crippen LogP contribution >= 0.6 is 0 Å². The van der Waals surface area contributed by atoms with Crippen molar-refractivity contribution in [2.45, 2.75) is 19.3 Å². The molecule has 0 radical (unpaired) electrons. The van der Waals surface area contributed by atoms with Gasteiger partial charge in [0, 0.05) is 31.4 Å². The van der Waals surface area contributed by atoms with Gasteiger partial charge in [-0.05, 0) is 18.2 Å². The van der Waals surface area contributed by atoms with Gasteiger partial charge < -0.3 is 26.6 Å². The molecule has 20 heavy (non-hydrogen) atoms. The van der Waals surface area contributed by atoms with E-state index in [1.807, 2.05) is 0 Å². The van der Waals surface area contributed by atoms with Crippen molar-refractivity contribution in [1.29, 1.82) is 0 Å². The van der Waals surface area contributed by atoms with Crippen LogP contribution in [0.4, 0.5) is 0 Å². The monoisotopic (exact) mass is 283 g/mol. The van der Waals surface area contributed by atoms with Crippen molar-refractivity contribution in [2.75, 3.05) is 26.2 Å². The molecule has 0 unspecified atom stereocenters. The minimum absolute atomic E-state index is 0.224. The molecule has 6 nitrogen and oxygen atoms in total. The first kappa shape index (κ1) is 16.3. The molecular weight excluding hydrogens is 258 g/mol. The van der Waals surface area contributed by atoms with Gasteiger partial charge in [-0.25, -0.2) is 0 Å². The van der Waals surface area contributed by atoms with E-state index in [1.54, 1.807) is 0 Å². The predicted molar refractivity (Wildman–Crippen MR) is 75.4 cm³/mol. The van der Waals surface area contributed by atoms with E-state index in [1.165, 1.54) is 24.6 Å². The summed E-state index contributed by atoms with van der Waals surface area (Å²) in [6, 6.07) is 4.05. The second kappa shape index (κ2) is 9.17. The summed E-state index contributed by atoms with van der Waals surface area (Å²) in [7, 11) is 0. The smallest absolute Gasteiger partial charge is 0.251 e. The van der Waals surface area contributed by atoms with E-state index >= 15 is 0 Å². The molecule has 0 aliphatic rings. The number of quaternary nitrogens is 2. The molecule has 0 aliphatic heterocycles. The number of unbranched alkanes of at least 4 members (excludes halogenated alkanes) is 1. The molecule has 6 heteroatoms. The Labute approximate surface area is 119 Å². The molecule has 112 valence electrons. The molecule has 1 aromatic rings. The van der Waals surface area contributed by atoms with Crippen LogP contribution in [0.15, 0.2) is 18.2 Å². The molecule has 0 saturated heterocycles. The topological polar surface area (TPSA) is 114 Å². The van der Waals surface area contributed by atoms with Gasteiger partial charge >= 0.3 is 0 Å². The van der Waals surface area contributed by atoms with E-state index in [0.29, 0.717) is 12.1 Å². The third-order valence-corrected chi connectivity index (χ3v) is 3.02. The number of hydrogen-bond donors (Lipinski definition) is 5. The number of amides is 1. The fourth-order valence-electron chi connectivity index (χ4n) is 1.82. The van der Waals surface area contributed by atoms with E-state index in [-0.39, 0.29) is 17.4 Å². The number of benzene rings is 1. The summed E-state index contributed by atoms with van der Waals surface area (Å²) < 4.78 is 0. The molecular formula is C14H25N3O3+2. The number of nitrogens with two attached hydrogens (primary N) is 1. The summed E-state index contributed by atoms with van der Waals surface area (Å²) in [6.07, 6.45) is 3.25. The summed E-state index contributed by atoms with van der Waals surface area (Å²) >= 11 is 0. The van der Waals surface area contributed by atoms with Gasteiger partial charge in [-0.2, -0.15) is 0 Å². The number of phenols is 2. The summed E-state index contributed by atoms with van der Waals surface area (Å²) in [4.78, 5) is 11.8. The van der Waals surface area contributed by atoms with E-state index in [2.05, 4.69) is 16.4 Å². The molecule has 0 fully saturated rings. The lowest BCUT2D eigenvalue weighted by atomic mass is 10.2. The van der Waals surface area contributed by atoms with Crippen LogP contribution in [0.25, 0.3) is 0 Å². The van der Waals surface area contributed by atoms with Gasteiger partial charge in [-0.15, -0.1) is 0 Å². The Balaban J connectivity index is 2.15. The van der Waals surface area contributed by atoms with Crippen molar-refractivity contribution >= 4 is 5.91 Å². The van der Waals surface area contributed by atoms with Crippen molar-refractivity contribution in [1.82, 2.24) is 5.32 Å². The lowest BCUT2D eigenvalue weighted by molar-refractivity contribution is -0.655. The van der Waals surface area contributed by atoms with E-state index < -0.39 is 0 Å². The summed E-state index contributed by atoms with van der Waals surface area (Å²) in [5, 5.41) is 23.5. The highest BCUT2D eigenvalue weighted by atomic mass is 16.3. The van der Waals surface area contributed by atoms with Gasteiger partial charge in [0.05, 0.1) is 19.6 Å². The Hall–Kier alpha value is -1.79. The number of aromatic hydroxyl groups is 2. The molecule has 8 N–H and O–H groups in total. The molecule has 0 saturated carbocycles. The molecule has 0 spiro atoms. The van der Waals surface area contributed by atoms with Crippen LogP contribution < -0.4 is 16.4 Å². The average Bonchev–Trinajstić information content (AvgIpc) is 2.44. The van der Waals surface area contributed by atoms with Gasteiger partial charge in [-0.1, -0.05) is 0 Å². The number of phenolic OH excluding ortho intramolecular Hbond substituents is 2. The van der Waals surface area contributed by atoms with Crippen LogP contribution in [0, 0.1) is 0 Å². The average molecular weight is 283 g/mol. The number of hydrogen-bond acceptors (Lipinski definition) is 3. The van der Waals surface area contributed by atoms with Crippen molar-refractivity contribution in [3.05, 3.63) is 23.8 Å². The molecule has 1 rings (SSSR count). The Morgan fingerprint density at radius 1 is 1.15 bits per heavy atom. The maximum absolute atomic E-state index is 11.8. The Kier molecular flexibility index (Phi) is 7.46. The maximum Gasteiger partial charge on any atom is 0.251 e. The number of rotatable bonds is 9. The third kappa shape index (κ3) is 5.90. The Morgan fingerprint density at radius 3 is 2.60 bits per heavy atom. The van der Waals surface area contributed by atoms with Crippen LogP contribution in [0.1, 0.15) is 29.6 Å². The second-order valence-corrected chi connectivity index (χ2v) is 4.74. The summed E-state index contributed by atoms with van der Waals surface area (Å²) in [6.45, 7) is 3.68. The van der Waals surface area contributed by atoms with Crippen LogP contribution in [-0.2, 0) is 0 Å². The first-order chi connectivity index (χ1) is 9.65. The summed E-state index contributed by atoms with van der Waals surface area (Å²) in [5.74, 6) is -0.743. The van der Waals surface area contributed by atoms with Gasteiger partial charge in [0.1, 0.15) is 0 Å². The van der Waals surface area contributed by atoms with Gasteiger partial charge in [-0.3, -0.25) is 4.79 Å². The molecule has 1 aromatic carbocycles. The minimum Gasteiger partial charge on any atom is -0.504 e. The number of carbonyl (C=O) groups excluding carboxylic acids is 1. The third-order valence-electron chi connectivity index (χ3n) is 3.02. The lowest BCUT2D eigenvalue weighted by Crippen LogP contribution is -2.84. The normalized spacial score (nSPS) is 10.4. The first-order valence-electron chi connectivity index (χ1n) is 7.06. The van der Waals surface area contributed by atoms with Gasteiger partial charge in [0.25, 0.3) is 5.91 Å². The lowest BCUT2D eigenvalue weighted by Gasteiger charge is -2.06. The SMILES string of the molecule is [NH3+]CCCC[NH2+]CCCNC(=O)c1ccc(O)c(O)c1. The van der Waals surface area contributed by atoms with Crippen LogP contribution in [0.3, 0.4) is 0 Å². The first-order valence-corrected chi connectivity index (χ1v) is 7.06. The highest BCUT2D eigenvalue weighted by molar-refractivity contribution is 5.94. The van der Waals surface area contributed by atoms with E-state index in [4.69, 9.17) is 0 Å². The molecule has 0 heterocycles. The van der Waals surface area contributed by atoms with E-state index in [0.717, 1.165) is 32.5 Å². The van der Waals surface area contributed by atoms with E-state index in [9.17, 15) is 15.0 Å². The van der Waals surface area contributed by atoms with Crippen LogP contribution in [-0.4, -0.2) is 42.3 Å². The molecule has 0 aliphatic carbocycles. The zero-order valence-electron chi connectivity index (χ0n) is 11.8. The molecule has 0 bridgehead atoms. The predicted octanol–water partition coefficient (Wildman–Crippen LogP) is -1.20. The fourth-order valence-corrected chi connectivity index (χ4v) is 1.82. The largest absolute Gasteiger partial charge is 0.504 e. The standard InChI is InChI=1S/C14H23N3O3/c15-6-1-2-7-16-8-3-9-17-14(20)11-4-5-12(18)13(19)10-11/h4-5,10,16,18-19H,1-3,6-9,15H2,(H,17,20)/p+2. The quantitative estimate of drug-likeness (QED) is 0.290. The van der Waals surface area contributed by atoms with Crippen LogP contribution in [0.2, 0.25) is 0 Å². The van der Waals surface area contributed by atoms with Crippen molar-refractivity contribution < 1.29 is 26.1 Å². The summed E-state index contributed by atoms with van der Waals surface area (Å²) in [5.41, 5.74) is 4.14. The highest BCUT2D eigenvalue weighted by Crippen LogP contribution is 2.24. The zero-order valence-corrected chi connectivity index (χ0v) is 11.8. The van der Waals surface area contributed by atoms with Crippen molar-refractivity contribution in [3.8, 4) is 11.5 Å². The molecule has 0 atom stereocenters. The van der Waals surface area contributed by atoms with Gasteiger partial charge in [0.15, 0.2) is 11.5 Å². The highest BCUT2D eigenvalue weighted by Gasteiger charge is 2.08. The maximum atomic E-state index is 11.8. The van der Waals surface area contributed by atoms with Gasteiger partial charge in [0.2, 0.25) is 0 Å². The second-order valence-electron chi connectivity index (χ2n) is 4.74. The minimum atomic E-state index is -0.281.